The molecule has 0 bridgehead atoms. The van der Waals surface area contributed by atoms with Crippen LogP contribution >= 0.6 is 12.2 Å². The summed E-state index contributed by atoms with van der Waals surface area (Å²) in [7, 11) is -1.93. The van der Waals surface area contributed by atoms with Crippen LogP contribution in [0.5, 0.6) is 5.75 Å². The number of hydrogen-bond acceptors (Lipinski definition) is 5. The van der Waals surface area contributed by atoms with Crippen molar-refractivity contribution >= 4 is 38.7 Å². The molecule has 8 nitrogen and oxygen atoms in total. The monoisotopic (exact) mass is 525 g/mol. The summed E-state index contributed by atoms with van der Waals surface area (Å²) < 4.78 is 34.0. The molecule has 3 heterocycles. The van der Waals surface area contributed by atoms with Gasteiger partial charge in [0.2, 0.25) is 10.0 Å². The van der Waals surface area contributed by atoms with Crippen LogP contribution < -0.4 is 19.7 Å². The SMILES string of the molecule is COc1cc(N2C(=S)N[C@H](c3ccccn3)[C@@H]2c2ccn(C3CCCCC3)c2)ccc1NS(C)(=O)=O. The predicted molar refractivity (Wildman–Crippen MR) is 146 cm³/mol. The fraction of sp³-hybridized carbons (Fsp3) is 0.385. The molecule has 2 fully saturated rings. The van der Waals surface area contributed by atoms with E-state index < -0.39 is 10.0 Å². The van der Waals surface area contributed by atoms with E-state index in [9.17, 15) is 8.42 Å². The van der Waals surface area contributed by atoms with Gasteiger partial charge < -0.3 is 19.5 Å². The first-order valence-electron chi connectivity index (χ1n) is 12.2. The Labute approximate surface area is 217 Å². The maximum Gasteiger partial charge on any atom is 0.229 e. The third kappa shape index (κ3) is 5.05. The van der Waals surface area contributed by atoms with Gasteiger partial charge in [0, 0.05) is 36.4 Å². The lowest BCUT2D eigenvalue weighted by molar-refractivity contribution is 0.353. The van der Waals surface area contributed by atoms with Gasteiger partial charge in [0.15, 0.2) is 5.11 Å². The maximum absolute atomic E-state index is 11.8. The predicted octanol–water partition coefficient (Wildman–Crippen LogP) is 4.95. The molecule has 3 aromatic rings. The number of thiocarbonyl (C=S) groups is 1. The van der Waals surface area contributed by atoms with Crippen molar-refractivity contribution in [2.45, 2.75) is 50.2 Å². The Morgan fingerprint density at radius 2 is 1.94 bits per heavy atom. The van der Waals surface area contributed by atoms with Gasteiger partial charge in [0.05, 0.1) is 36.8 Å². The van der Waals surface area contributed by atoms with Crippen LogP contribution in [0.15, 0.2) is 61.1 Å². The zero-order valence-corrected chi connectivity index (χ0v) is 22.1. The van der Waals surface area contributed by atoms with Crippen molar-refractivity contribution in [2.24, 2.45) is 0 Å². The Balaban J connectivity index is 1.55. The van der Waals surface area contributed by atoms with Gasteiger partial charge in [-0.25, -0.2) is 8.42 Å². The van der Waals surface area contributed by atoms with Gasteiger partial charge in [-0.15, -0.1) is 0 Å². The second-order valence-electron chi connectivity index (χ2n) is 9.44. The minimum atomic E-state index is -3.45. The quantitative estimate of drug-likeness (QED) is 0.422. The number of hydrogen-bond donors (Lipinski definition) is 2. The zero-order valence-electron chi connectivity index (χ0n) is 20.4. The largest absolute Gasteiger partial charge is 0.494 e. The first-order valence-corrected chi connectivity index (χ1v) is 14.5. The summed E-state index contributed by atoms with van der Waals surface area (Å²) in [6, 6.07) is 13.7. The van der Waals surface area contributed by atoms with Gasteiger partial charge in [0.1, 0.15) is 5.75 Å². The molecule has 1 aromatic carbocycles. The van der Waals surface area contributed by atoms with Crippen LogP contribution in [0, 0.1) is 0 Å². The zero-order chi connectivity index (χ0) is 25.3. The summed E-state index contributed by atoms with van der Waals surface area (Å²) in [6.45, 7) is 0. The van der Waals surface area contributed by atoms with E-state index in [0.29, 0.717) is 22.6 Å². The number of aromatic nitrogens is 2. The van der Waals surface area contributed by atoms with Crippen molar-refractivity contribution in [3.05, 3.63) is 72.3 Å². The molecule has 0 unspecified atom stereocenters. The van der Waals surface area contributed by atoms with E-state index in [1.807, 2.05) is 30.3 Å². The number of benzene rings is 1. The number of sulfonamides is 1. The number of anilines is 2. The molecule has 0 spiro atoms. The van der Waals surface area contributed by atoms with Gasteiger partial charge >= 0.3 is 0 Å². The van der Waals surface area contributed by atoms with Crippen LogP contribution in [0.25, 0.3) is 0 Å². The maximum atomic E-state index is 11.8. The summed E-state index contributed by atoms with van der Waals surface area (Å²) in [6.07, 6.45) is 13.6. The minimum Gasteiger partial charge on any atom is -0.494 e. The third-order valence-electron chi connectivity index (χ3n) is 6.93. The smallest absolute Gasteiger partial charge is 0.229 e. The normalized spacial score (nSPS) is 20.8. The molecular weight excluding hydrogens is 494 g/mol. The van der Waals surface area contributed by atoms with Crippen molar-refractivity contribution in [3.63, 3.8) is 0 Å². The standard InChI is InChI=1S/C26H31N5O3S2/c1-34-23-16-20(11-12-21(23)29-36(2,32)33)31-25(24(28-26(31)35)22-10-6-7-14-27-22)18-13-15-30(17-18)19-8-4-3-5-9-19/h6-7,10-17,19,24-25,29H,3-5,8-9H2,1-2H3,(H,28,35)/t24-,25+/m1/s1. The molecule has 1 aliphatic carbocycles. The van der Waals surface area contributed by atoms with E-state index in [4.69, 9.17) is 17.0 Å². The number of rotatable bonds is 7. The average Bonchev–Trinajstić information content (AvgIpc) is 3.49. The van der Waals surface area contributed by atoms with E-state index in [-0.39, 0.29) is 12.1 Å². The molecule has 2 aromatic heterocycles. The van der Waals surface area contributed by atoms with Crippen LogP contribution in [-0.2, 0) is 10.0 Å². The Bertz CT molecular complexity index is 1340. The Hall–Kier alpha value is -3.11. The second-order valence-corrected chi connectivity index (χ2v) is 11.6. The van der Waals surface area contributed by atoms with E-state index in [2.05, 4.69) is 42.9 Å². The summed E-state index contributed by atoms with van der Waals surface area (Å²) in [5, 5.41) is 4.06. The van der Waals surface area contributed by atoms with Crippen LogP contribution in [0.3, 0.4) is 0 Å². The number of nitrogens with zero attached hydrogens (tertiary/aromatic N) is 3. The first-order chi connectivity index (χ1) is 17.3. The van der Waals surface area contributed by atoms with E-state index in [1.165, 1.54) is 39.2 Å². The number of nitrogens with one attached hydrogen (secondary N) is 2. The first kappa shape index (κ1) is 24.6. The van der Waals surface area contributed by atoms with Crippen molar-refractivity contribution < 1.29 is 13.2 Å². The summed E-state index contributed by atoms with van der Waals surface area (Å²) >= 11 is 5.84. The summed E-state index contributed by atoms with van der Waals surface area (Å²) in [4.78, 5) is 6.70. The van der Waals surface area contributed by atoms with Crippen LogP contribution in [0.1, 0.15) is 61.5 Å². The molecule has 0 radical (unpaired) electrons. The van der Waals surface area contributed by atoms with Gasteiger partial charge in [-0.05, 0) is 61.0 Å². The highest BCUT2D eigenvalue weighted by Gasteiger charge is 2.41. The molecule has 10 heteroatoms. The minimum absolute atomic E-state index is 0.143. The van der Waals surface area contributed by atoms with Gasteiger partial charge in [-0.3, -0.25) is 9.71 Å². The molecule has 2 N–H and O–H groups in total. The number of methoxy groups -OCH3 is 1. The molecule has 36 heavy (non-hydrogen) atoms. The van der Waals surface area contributed by atoms with Crippen LogP contribution in [0.2, 0.25) is 0 Å². The highest BCUT2D eigenvalue weighted by Crippen LogP contribution is 2.44. The topological polar surface area (TPSA) is 88.5 Å². The Morgan fingerprint density at radius 3 is 2.64 bits per heavy atom. The lowest BCUT2D eigenvalue weighted by Gasteiger charge is -2.28. The van der Waals surface area contributed by atoms with Crippen molar-refractivity contribution in [1.29, 1.82) is 0 Å². The molecule has 5 rings (SSSR count). The molecule has 2 aliphatic rings. The third-order valence-corrected chi connectivity index (χ3v) is 7.84. The average molecular weight is 526 g/mol. The molecule has 1 saturated carbocycles. The van der Waals surface area contributed by atoms with Crippen molar-refractivity contribution in [2.75, 3.05) is 23.0 Å². The second kappa shape index (κ2) is 10.1. The fourth-order valence-corrected chi connectivity index (χ4v) is 6.21. The van der Waals surface area contributed by atoms with Crippen LogP contribution in [-0.4, -0.2) is 36.4 Å². The van der Waals surface area contributed by atoms with Gasteiger partial charge in [-0.2, -0.15) is 0 Å². The lowest BCUT2D eigenvalue weighted by atomic mass is 9.95. The highest BCUT2D eigenvalue weighted by molar-refractivity contribution is 7.92. The lowest BCUT2D eigenvalue weighted by Crippen LogP contribution is -2.29. The number of pyridine rings is 1. The summed E-state index contributed by atoms with van der Waals surface area (Å²) in [5.41, 5.74) is 3.22. The van der Waals surface area contributed by atoms with Crippen molar-refractivity contribution in [3.8, 4) is 5.75 Å². The fourth-order valence-electron chi connectivity index (χ4n) is 5.30. The molecule has 2 atom stereocenters. The Kier molecular flexibility index (Phi) is 6.90. The number of ether oxygens (including phenoxy) is 1. The van der Waals surface area contributed by atoms with Crippen LogP contribution in [0.4, 0.5) is 11.4 Å². The van der Waals surface area contributed by atoms with E-state index in [1.54, 1.807) is 12.3 Å². The molecule has 1 aliphatic heterocycles. The Morgan fingerprint density at radius 1 is 1.14 bits per heavy atom. The van der Waals surface area contributed by atoms with Crippen molar-refractivity contribution in [1.82, 2.24) is 14.9 Å². The van der Waals surface area contributed by atoms with E-state index in [0.717, 1.165) is 23.2 Å². The van der Waals surface area contributed by atoms with E-state index >= 15 is 0 Å². The van der Waals surface area contributed by atoms with Gasteiger partial charge in [0.25, 0.3) is 0 Å². The molecule has 1 saturated heterocycles. The molecular formula is C26H31N5O3S2. The summed E-state index contributed by atoms with van der Waals surface area (Å²) in [5.74, 6) is 0.417. The molecule has 190 valence electrons. The van der Waals surface area contributed by atoms with Gasteiger partial charge in [-0.1, -0.05) is 25.3 Å². The molecule has 0 amide bonds. The highest BCUT2D eigenvalue weighted by atomic mass is 32.2.